The maximum atomic E-state index is 12.9. The Hall–Kier alpha value is -4.26. The second kappa shape index (κ2) is 11.9. The summed E-state index contributed by atoms with van der Waals surface area (Å²) in [7, 11) is 3.19. The number of rotatable bonds is 10. The fourth-order valence-corrected chi connectivity index (χ4v) is 3.98. The Bertz CT molecular complexity index is 1290. The van der Waals surface area contributed by atoms with E-state index in [-0.39, 0.29) is 6.03 Å². The Balaban J connectivity index is 1.47. The summed E-state index contributed by atoms with van der Waals surface area (Å²) in [6, 6.07) is 23.0. The molecule has 2 amide bonds. The lowest BCUT2D eigenvalue weighted by molar-refractivity contribution is 0.246. The van der Waals surface area contributed by atoms with Gasteiger partial charge in [-0.15, -0.1) is 0 Å². The summed E-state index contributed by atoms with van der Waals surface area (Å²) >= 11 is 0. The molecule has 3 aromatic carbocycles. The van der Waals surface area contributed by atoms with E-state index in [1.165, 1.54) is 5.56 Å². The van der Waals surface area contributed by atoms with Gasteiger partial charge in [0.25, 0.3) is 0 Å². The molecule has 0 saturated carbocycles. The molecule has 0 saturated heterocycles. The van der Waals surface area contributed by atoms with Gasteiger partial charge in [0.2, 0.25) is 0 Å². The Kier molecular flexibility index (Phi) is 8.24. The molecule has 4 aromatic rings. The summed E-state index contributed by atoms with van der Waals surface area (Å²) in [5.74, 6) is 2.52. The number of nitrogens with zero attached hydrogens (tertiary/aromatic N) is 2. The first-order valence-corrected chi connectivity index (χ1v) is 12.0. The first-order valence-electron chi connectivity index (χ1n) is 12.0. The number of hydrogen-bond acceptors (Lipinski definition) is 5. The van der Waals surface area contributed by atoms with Crippen molar-refractivity contribution in [2.24, 2.45) is 0 Å². The van der Waals surface area contributed by atoms with Gasteiger partial charge in [0.15, 0.2) is 11.5 Å². The minimum atomic E-state index is -0.109. The Labute approximate surface area is 211 Å². The number of nitrogens with one attached hydrogen (secondary N) is 1. The number of benzene rings is 3. The smallest absolute Gasteiger partial charge is 0.321 e. The lowest BCUT2D eigenvalue weighted by Crippen LogP contribution is -2.41. The van der Waals surface area contributed by atoms with E-state index in [4.69, 9.17) is 14.2 Å². The second-order valence-electron chi connectivity index (χ2n) is 8.25. The lowest BCUT2D eigenvalue weighted by Gasteiger charge is -2.23. The fraction of sp³-hybridized carbons (Fsp3) is 0.241. The van der Waals surface area contributed by atoms with Crippen LogP contribution in [0, 0.1) is 0 Å². The van der Waals surface area contributed by atoms with Gasteiger partial charge in [-0.2, -0.15) is 0 Å². The first kappa shape index (κ1) is 24.9. The third-order valence-corrected chi connectivity index (χ3v) is 5.81. The average Bonchev–Trinajstić information content (AvgIpc) is 2.92. The summed E-state index contributed by atoms with van der Waals surface area (Å²) in [5.41, 5.74) is 2.75. The maximum Gasteiger partial charge on any atom is 0.321 e. The molecule has 0 atom stereocenters. The molecule has 0 aliphatic carbocycles. The number of carbonyl (C=O) groups excluding carboxylic acids is 1. The highest BCUT2D eigenvalue weighted by molar-refractivity contribution is 5.92. The minimum absolute atomic E-state index is 0.109. The molecule has 0 fully saturated rings. The molecule has 186 valence electrons. The number of aromatic nitrogens is 1. The molecule has 0 radical (unpaired) electrons. The van der Waals surface area contributed by atoms with E-state index in [0.29, 0.717) is 36.1 Å². The van der Waals surface area contributed by atoms with E-state index in [0.717, 1.165) is 29.4 Å². The van der Waals surface area contributed by atoms with Crippen molar-refractivity contribution in [1.29, 1.82) is 0 Å². The van der Waals surface area contributed by atoms with Crippen LogP contribution in [0.25, 0.3) is 10.9 Å². The topological polar surface area (TPSA) is 72.9 Å². The van der Waals surface area contributed by atoms with E-state index in [9.17, 15) is 4.79 Å². The van der Waals surface area contributed by atoms with Crippen LogP contribution >= 0.6 is 0 Å². The molecule has 0 unspecified atom stereocenters. The van der Waals surface area contributed by atoms with Gasteiger partial charge in [-0.25, -0.2) is 4.79 Å². The van der Waals surface area contributed by atoms with Crippen molar-refractivity contribution < 1.29 is 19.0 Å². The molecule has 7 heteroatoms. The summed E-state index contributed by atoms with van der Waals surface area (Å²) in [4.78, 5) is 19.1. The first-order chi connectivity index (χ1) is 17.6. The van der Waals surface area contributed by atoms with Gasteiger partial charge >= 0.3 is 6.03 Å². The van der Waals surface area contributed by atoms with Crippen LogP contribution in [0.3, 0.4) is 0 Å². The largest absolute Gasteiger partial charge is 0.493 e. The summed E-state index contributed by atoms with van der Waals surface area (Å²) < 4.78 is 17.0. The number of carbonyl (C=O) groups is 1. The van der Waals surface area contributed by atoms with Gasteiger partial charge in [-0.3, -0.25) is 9.88 Å². The van der Waals surface area contributed by atoms with E-state index in [2.05, 4.69) is 29.4 Å². The van der Waals surface area contributed by atoms with Crippen molar-refractivity contribution in [2.45, 2.75) is 19.8 Å². The van der Waals surface area contributed by atoms with Crippen molar-refractivity contribution in [3.8, 4) is 23.0 Å². The molecule has 1 heterocycles. The lowest BCUT2D eigenvalue weighted by atomic mass is 10.1. The predicted octanol–water partition coefficient (Wildman–Crippen LogP) is 6.21. The van der Waals surface area contributed by atoms with Crippen molar-refractivity contribution in [3.05, 3.63) is 84.6 Å². The van der Waals surface area contributed by atoms with Crippen molar-refractivity contribution in [1.82, 2.24) is 10.3 Å². The summed E-state index contributed by atoms with van der Waals surface area (Å²) in [6.45, 7) is 3.25. The molecule has 0 aliphatic heterocycles. The number of fused-ring (bicyclic) bond motifs is 1. The van der Waals surface area contributed by atoms with Gasteiger partial charge in [0, 0.05) is 36.4 Å². The molecule has 1 aromatic heterocycles. The molecular weight excluding hydrogens is 454 g/mol. The zero-order valence-electron chi connectivity index (χ0n) is 20.9. The number of hydrogen-bond donors (Lipinski definition) is 1. The molecular formula is C29H31N3O4. The van der Waals surface area contributed by atoms with Gasteiger partial charge in [-0.1, -0.05) is 37.3 Å². The van der Waals surface area contributed by atoms with E-state index in [1.807, 2.05) is 60.7 Å². The highest BCUT2D eigenvalue weighted by Crippen LogP contribution is 2.37. The number of pyridine rings is 1. The number of urea groups is 1. The van der Waals surface area contributed by atoms with Crippen LogP contribution in [0.1, 0.15) is 18.9 Å². The second-order valence-corrected chi connectivity index (χ2v) is 8.25. The van der Waals surface area contributed by atoms with Crippen LogP contribution in [0.5, 0.6) is 23.0 Å². The minimum Gasteiger partial charge on any atom is -0.493 e. The Morgan fingerprint density at radius 2 is 1.64 bits per heavy atom. The van der Waals surface area contributed by atoms with E-state index in [1.54, 1.807) is 25.3 Å². The van der Waals surface area contributed by atoms with Crippen LogP contribution in [0.2, 0.25) is 0 Å². The zero-order valence-corrected chi connectivity index (χ0v) is 20.9. The normalized spacial score (nSPS) is 10.6. The Morgan fingerprint density at radius 3 is 2.33 bits per heavy atom. The van der Waals surface area contributed by atoms with Crippen molar-refractivity contribution in [3.63, 3.8) is 0 Å². The van der Waals surface area contributed by atoms with Crippen molar-refractivity contribution in [2.75, 3.05) is 32.2 Å². The van der Waals surface area contributed by atoms with E-state index < -0.39 is 0 Å². The van der Waals surface area contributed by atoms with Crippen LogP contribution in [-0.2, 0) is 6.42 Å². The van der Waals surface area contributed by atoms with Crippen LogP contribution in [0.15, 0.2) is 79.0 Å². The van der Waals surface area contributed by atoms with Gasteiger partial charge in [0.1, 0.15) is 11.5 Å². The van der Waals surface area contributed by atoms with Crippen LogP contribution < -0.4 is 24.4 Å². The van der Waals surface area contributed by atoms with Gasteiger partial charge in [-0.05, 0) is 54.8 Å². The summed E-state index contributed by atoms with van der Waals surface area (Å²) in [6.07, 6.45) is 3.33. The number of ether oxygens (including phenoxy) is 3. The third-order valence-electron chi connectivity index (χ3n) is 5.81. The molecule has 1 N–H and O–H groups in total. The summed E-state index contributed by atoms with van der Waals surface area (Å²) in [5, 5.41) is 3.85. The standard InChI is InChI=1S/C29H31N3O4/c1-4-18-32(29(33)31-16-14-21-8-6-5-7-9-21)22-10-12-23(13-11-22)36-26-15-17-30-25-20-28(35-3)27(34-2)19-24(25)26/h5-13,15,17,19-20H,4,14,16,18H2,1-3H3,(H,31,33). The average molecular weight is 486 g/mol. The number of anilines is 1. The van der Waals surface area contributed by atoms with E-state index >= 15 is 0 Å². The molecule has 0 spiro atoms. The monoisotopic (exact) mass is 485 g/mol. The zero-order chi connectivity index (χ0) is 25.3. The van der Waals surface area contributed by atoms with Crippen LogP contribution in [0.4, 0.5) is 10.5 Å². The SMILES string of the molecule is CCCN(C(=O)NCCc1ccccc1)c1ccc(Oc2ccnc3cc(OC)c(OC)cc23)cc1. The Morgan fingerprint density at radius 1 is 0.917 bits per heavy atom. The molecule has 0 aliphatic rings. The fourth-order valence-electron chi connectivity index (χ4n) is 3.98. The van der Waals surface area contributed by atoms with Crippen LogP contribution in [-0.4, -0.2) is 38.3 Å². The highest BCUT2D eigenvalue weighted by Gasteiger charge is 2.15. The van der Waals surface area contributed by atoms with Gasteiger partial charge < -0.3 is 19.5 Å². The highest BCUT2D eigenvalue weighted by atomic mass is 16.5. The number of methoxy groups -OCH3 is 2. The predicted molar refractivity (Wildman–Crippen MR) is 143 cm³/mol. The molecule has 7 nitrogen and oxygen atoms in total. The molecule has 36 heavy (non-hydrogen) atoms. The maximum absolute atomic E-state index is 12.9. The van der Waals surface area contributed by atoms with Crippen molar-refractivity contribution >= 4 is 22.6 Å². The number of amides is 2. The quantitative estimate of drug-likeness (QED) is 0.289. The molecule has 4 rings (SSSR count). The molecule has 0 bridgehead atoms. The third kappa shape index (κ3) is 5.86. The van der Waals surface area contributed by atoms with Gasteiger partial charge in [0.05, 0.1) is 19.7 Å².